The fourth-order valence-electron chi connectivity index (χ4n) is 5.45. The second-order valence-electron chi connectivity index (χ2n) is 11.6. The molecule has 0 amide bonds. The van der Waals surface area contributed by atoms with Crippen molar-refractivity contribution in [2.24, 2.45) is 0 Å². The molecular weight excluding hydrogens is 559 g/mol. The third-order valence-electron chi connectivity index (χ3n) is 7.93. The molecule has 0 aliphatic rings. The third-order valence-corrected chi connectivity index (χ3v) is 14.8. The summed E-state index contributed by atoms with van der Waals surface area (Å²) in [4.78, 5) is 23.0. The Hall–Kier alpha value is -1.50. The molecule has 0 heterocycles. The summed E-state index contributed by atoms with van der Waals surface area (Å²) >= 11 is 0. The van der Waals surface area contributed by atoms with Gasteiger partial charge in [0.05, 0.1) is 0 Å². The minimum atomic E-state index is -4.35. The van der Waals surface area contributed by atoms with Gasteiger partial charge in [0, 0.05) is 0 Å². The number of carbonyl (C=O) groups is 2. The minimum absolute atomic E-state index is 0.373. The summed E-state index contributed by atoms with van der Waals surface area (Å²) in [6, 6.07) is 3.05. The van der Waals surface area contributed by atoms with Crippen molar-refractivity contribution in [3.05, 3.63) is 29.3 Å². The van der Waals surface area contributed by atoms with Gasteiger partial charge in [-0.3, -0.25) is 0 Å². The Morgan fingerprint density at radius 1 is 0.585 bits per heavy atom. The molecule has 9 heteroatoms. The summed E-state index contributed by atoms with van der Waals surface area (Å²) in [6.07, 6.45) is 22.2. The van der Waals surface area contributed by atoms with Crippen LogP contribution in [0.2, 0.25) is 0 Å². The molecule has 1 aromatic carbocycles. The van der Waals surface area contributed by atoms with E-state index >= 15 is 0 Å². The molecule has 0 saturated carbocycles. The van der Waals surface area contributed by atoms with E-state index in [1.165, 1.54) is 57.8 Å². The molecule has 7 nitrogen and oxygen atoms in total. The molecule has 0 atom stereocenters. The SMILES string of the molecule is CCCCCCCC[PH](CCCCCCCC)(CCCCCCCC)OS(=O)(=O)c1cc(C(=O)O)cc(C(=O)O)c1. The average Bonchev–Trinajstić information content (AvgIpc) is 2.94. The molecule has 2 N–H and O–H groups in total. The molecule has 0 bridgehead atoms. The molecule has 1 rings (SSSR count). The molecule has 1 aromatic rings. The van der Waals surface area contributed by atoms with Crippen LogP contribution in [0.15, 0.2) is 23.1 Å². The summed E-state index contributed by atoms with van der Waals surface area (Å²) in [7, 11) is -7.14. The van der Waals surface area contributed by atoms with Crippen molar-refractivity contribution in [1.29, 1.82) is 0 Å². The molecule has 0 spiro atoms. The first kappa shape index (κ1) is 37.5. The van der Waals surface area contributed by atoms with Crippen LogP contribution in [0, 0.1) is 0 Å². The van der Waals surface area contributed by atoms with E-state index in [1.807, 2.05) is 0 Å². The van der Waals surface area contributed by atoms with Crippen LogP contribution in [0.4, 0.5) is 0 Å². The Morgan fingerprint density at radius 3 is 1.22 bits per heavy atom. The molecule has 41 heavy (non-hydrogen) atoms. The van der Waals surface area contributed by atoms with Crippen LogP contribution in [0.5, 0.6) is 0 Å². The van der Waals surface area contributed by atoms with Gasteiger partial charge in [-0.1, -0.05) is 0 Å². The van der Waals surface area contributed by atoms with Gasteiger partial charge >= 0.3 is 251 Å². The van der Waals surface area contributed by atoms with Gasteiger partial charge in [0.15, 0.2) is 0 Å². The van der Waals surface area contributed by atoms with Crippen LogP contribution >= 0.6 is 7.49 Å². The van der Waals surface area contributed by atoms with Crippen LogP contribution in [0.3, 0.4) is 0 Å². The first-order chi connectivity index (χ1) is 19.6. The maximum atomic E-state index is 13.7. The van der Waals surface area contributed by atoms with E-state index in [-0.39, 0.29) is 16.0 Å². The predicted octanol–water partition coefficient (Wildman–Crippen LogP) is 9.53. The normalized spacial score (nSPS) is 12.5. The van der Waals surface area contributed by atoms with Gasteiger partial charge in [0.2, 0.25) is 0 Å². The van der Waals surface area contributed by atoms with Crippen LogP contribution < -0.4 is 0 Å². The zero-order valence-corrected chi connectivity index (χ0v) is 27.7. The fraction of sp³-hybridized carbons (Fsp3) is 0.750. The monoisotopic (exact) mass is 616 g/mol. The molecule has 0 aromatic heterocycles. The quantitative estimate of drug-likeness (QED) is 0.0786. The Bertz CT molecular complexity index is 921. The summed E-state index contributed by atoms with van der Waals surface area (Å²) in [5, 5.41) is 19.0. The van der Waals surface area contributed by atoms with Gasteiger partial charge in [0.1, 0.15) is 0 Å². The van der Waals surface area contributed by atoms with E-state index in [0.717, 1.165) is 94.5 Å². The molecule has 238 valence electrons. The molecule has 0 aliphatic heterocycles. The van der Waals surface area contributed by atoms with Gasteiger partial charge < -0.3 is 0 Å². The standard InChI is InChI=1S/C32H57O7PS/c1-4-7-10-13-16-19-22-40(23-20-17-14-11-8-5-2,24-21-18-15-12-9-6-3)39-41(37,38)30-26-28(31(33)34)25-29(27-30)32(35)36/h25-27,40H,4-24H2,1-3H3,(H,33,34)(H,35,36). The van der Waals surface area contributed by atoms with Gasteiger partial charge in [-0.25, -0.2) is 0 Å². The number of carboxylic acid groups (broad SMARTS) is 2. The maximum absolute atomic E-state index is 13.7. The number of unbranched alkanes of at least 4 members (excludes halogenated alkanes) is 15. The Labute approximate surface area is 250 Å². The van der Waals surface area contributed by atoms with E-state index in [1.54, 1.807) is 0 Å². The van der Waals surface area contributed by atoms with Gasteiger partial charge in [-0.05, 0) is 0 Å². The number of hydrogen-bond acceptors (Lipinski definition) is 5. The summed E-state index contributed by atoms with van der Waals surface area (Å²) in [6.45, 7) is 6.56. The number of hydrogen-bond donors (Lipinski definition) is 2. The van der Waals surface area contributed by atoms with Crippen LogP contribution in [-0.2, 0) is 14.1 Å². The van der Waals surface area contributed by atoms with Crippen molar-refractivity contribution in [2.75, 3.05) is 18.5 Å². The van der Waals surface area contributed by atoms with Crippen molar-refractivity contribution in [3.63, 3.8) is 0 Å². The molecule has 0 aliphatic carbocycles. The average molecular weight is 617 g/mol. The van der Waals surface area contributed by atoms with Crippen molar-refractivity contribution in [1.82, 2.24) is 0 Å². The van der Waals surface area contributed by atoms with Gasteiger partial charge in [-0.2, -0.15) is 0 Å². The molecule has 0 saturated heterocycles. The fourth-order valence-corrected chi connectivity index (χ4v) is 12.7. The van der Waals surface area contributed by atoms with Crippen LogP contribution in [0.1, 0.15) is 157 Å². The molecule has 0 unspecified atom stereocenters. The van der Waals surface area contributed by atoms with Crippen molar-refractivity contribution >= 4 is 29.5 Å². The Balaban J connectivity index is 3.27. The van der Waals surface area contributed by atoms with E-state index in [0.29, 0.717) is 0 Å². The van der Waals surface area contributed by atoms with Gasteiger partial charge in [0.25, 0.3) is 0 Å². The van der Waals surface area contributed by atoms with E-state index < -0.39 is 29.5 Å². The van der Waals surface area contributed by atoms with Crippen molar-refractivity contribution in [3.8, 4) is 0 Å². The third kappa shape index (κ3) is 15.5. The van der Waals surface area contributed by atoms with E-state index in [2.05, 4.69) is 20.8 Å². The Morgan fingerprint density at radius 2 is 0.902 bits per heavy atom. The topological polar surface area (TPSA) is 118 Å². The van der Waals surface area contributed by atoms with E-state index in [9.17, 15) is 28.2 Å². The van der Waals surface area contributed by atoms with Crippen LogP contribution in [-0.4, -0.2) is 49.1 Å². The number of rotatable bonds is 26. The second-order valence-corrected chi connectivity index (χ2v) is 17.5. The van der Waals surface area contributed by atoms with Gasteiger partial charge in [-0.15, -0.1) is 0 Å². The summed E-state index contributed by atoms with van der Waals surface area (Å²) in [5.41, 5.74) is -0.746. The zero-order valence-electron chi connectivity index (χ0n) is 25.9. The van der Waals surface area contributed by atoms with Crippen LogP contribution in [0.25, 0.3) is 0 Å². The first-order valence-corrected chi connectivity index (χ1v) is 20.1. The Kier molecular flexibility index (Phi) is 19.4. The molecule has 0 radical (unpaired) electrons. The number of benzene rings is 1. The summed E-state index contributed by atoms with van der Waals surface area (Å²) < 4.78 is 33.8. The zero-order chi connectivity index (χ0) is 30.6. The number of carboxylic acids is 2. The molecule has 0 fully saturated rings. The predicted molar refractivity (Wildman–Crippen MR) is 172 cm³/mol. The first-order valence-electron chi connectivity index (χ1n) is 16.2. The molecular formula is C32H57O7PS. The van der Waals surface area contributed by atoms with E-state index in [4.69, 9.17) is 3.97 Å². The number of aromatic carboxylic acids is 2. The summed E-state index contributed by atoms with van der Waals surface area (Å²) in [5.74, 6) is -2.75. The second kappa shape index (κ2) is 21.2. The van der Waals surface area contributed by atoms with Crippen molar-refractivity contribution < 1.29 is 32.2 Å². The van der Waals surface area contributed by atoms with Crippen molar-refractivity contribution in [2.45, 2.75) is 141 Å².